The van der Waals surface area contributed by atoms with Crippen LogP contribution in [0.15, 0.2) is 36.4 Å². The maximum absolute atomic E-state index is 13.7. The standard InChI is InChI=1S/C16H17FO/c1-10-4-5-15(17)14(9-10)16(18)13-7-11(2)6-12(3)8-13/h4-9,16,18H,1-3H3. The lowest BCUT2D eigenvalue weighted by molar-refractivity contribution is 0.214. The van der Waals surface area contributed by atoms with Crippen molar-refractivity contribution in [2.24, 2.45) is 0 Å². The Bertz CT molecular complexity index is 555. The van der Waals surface area contributed by atoms with E-state index in [-0.39, 0.29) is 5.82 Å². The second-order valence-corrected chi connectivity index (χ2v) is 4.85. The number of aryl methyl sites for hydroxylation is 3. The van der Waals surface area contributed by atoms with Gasteiger partial charge in [0.25, 0.3) is 0 Å². The van der Waals surface area contributed by atoms with Gasteiger partial charge in [0.15, 0.2) is 0 Å². The molecule has 1 nitrogen and oxygen atoms in total. The summed E-state index contributed by atoms with van der Waals surface area (Å²) < 4.78 is 13.7. The molecule has 2 heteroatoms. The van der Waals surface area contributed by atoms with Gasteiger partial charge in [0, 0.05) is 5.56 Å². The molecule has 94 valence electrons. The van der Waals surface area contributed by atoms with E-state index in [4.69, 9.17) is 0 Å². The fourth-order valence-electron chi connectivity index (χ4n) is 2.22. The van der Waals surface area contributed by atoms with Crippen LogP contribution in [0, 0.1) is 26.6 Å². The third kappa shape index (κ3) is 2.59. The van der Waals surface area contributed by atoms with Crippen molar-refractivity contribution in [3.63, 3.8) is 0 Å². The van der Waals surface area contributed by atoms with Crippen LogP contribution >= 0.6 is 0 Å². The van der Waals surface area contributed by atoms with E-state index in [2.05, 4.69) is 0 Å². The molecule has 0 aliphatic carbocycles. The lowest BCUT2D eigenvalue weighted by Crippen LogP contribution is -2.04. The molecule has 0 spiro atoms. The fourth-order valence-corrected chi connectivity index (χ4v) is 2.22. The Morgan fingerprint density at radius 1 is 0.889 bits per heavy atom. The van der Waals surface area contributed by atoms with Gasteiger partial charge in [-0.05, 0) is 32.4 Å². The smallest absolute Gasteiger partial charge is 0.129 e. The van der Waals surface area contributed by atoms with E-state index >= 15 is 0 Å². The van der Waals surface area contributed by atoms with Crippen LogP contribution in [0.25, 0.3) is 0 Å². The van der Waals surface area contributed by atoms with Crippen molar-refractivity contribution in [3.05, 3.63) is 70.0 Å². The highest BCUT2D eigenvalue weighted by Crippen LogP contribution is 2.26. The lowest BCUT2D eigenvalue weighted by Gasteiger charge is -2.14. The molecule has 2 aromatic carbocycles. The highest BCUT2D eigenvalue weighted by Gasteiger charge is 2.15. The van der Waals surface area contributed by atoms with Gasteiger partial charge in [0.1, 0.15) is 11.9 Å². The topological polar surface area (TPSA) is 20.2 Å². The molecule has 0 aliphatic rings. The van der Waals surface area contributed by atoms with Crippen molar-refractivity contribution >= 4 is 0 Å². The molecule has 0 fully saturated rings. The molecular weight excluding hydrogens is 227 g/mol. The van der Waals surface area contributed by atoms with Gasteiger partial charge in [-0.2, -0.15) is 0 Å². The number of aliphatic hydroxyl groups excluding tert-OH is 1. The summed E-state index contributed by atoms with van der Waals surface area (Å²) in [5.41, 5.74) is 4.14. The summed E-state index contributed by atoms with van der Waals surface area (Å²) in [7, 11) is 0. The fraction of sp³-hybridized carbons (Fsp3) is 0.250. The maximum atomic E-state index is 13.7. The highest BCUT2D eigenvalue weighted by atomic mass is 19.1. The summed E-state index contributed by atoms with van der Waals surface area (Å²) in [4.78, 5) is 0. The minimum absolute atomic E-state index is 0.333. The molecular formula is C16H17FO. The SMILES string of the molecule is Cc1cc(C)cc(C(O)c2cc(C)ccc2F)c1. The van der Waals surface area contributed by atoms with Gasteiger partial charge in [-0.3, -0.25) is 0 Å². The highest BCUT2D eigenvalue weighted by molar-refractivity contribution is 5.37. The second kappa shape index (κ2) is 4.91. The van der Waals surface area contributed by atoms with Crippen LogP contribution < -0.4 is 0 Å². The van der Waals surface area contributed by atoms with Crippen LogP contribution in [-0.4, -0.2) is 5.11 Å². The Morgan fingerprint density at radius 3 is 2.11 bits per heavy atom. The van der Waals surface area contributed by atoms with Gasteiger partial charge in [0.2, 0.25) is 0 Å². The maximum Gasteiger partial charge on any atom is 0.129 e. The second-order valence-electron chi connectivity index (χ2n) is 4.85. The minimum atomic E-state index is -0.913. The summed E-state index contributed by atoms with van der Waals surface area (Å²) in [5.74, 6) is -0.368. The van der Waals surface area contributed by atoms with Crippen LogP contribution in [-0.2, 0) is 0 Å². The predicted octanol–water partition coefficient (Wildman–Crippen LogP) is 3.83. The Labute approximate surface area is 107 Å². The molecule has 0 radical (unpaired) electrons. The van der Waals surface area contributed by atoms with E-state index in [9.17, 15) is 9.50 Å². The molecule has 0 aliphatic heterocycles. The monoisotopic (exact) mass is 244 g/mol. The average Bonchev–Trinajstić information content (AvgIpc) is 2.30. The van der Waals surface area contributed by atoms with Gasteiger partial charge < -0.3 is 5.11 Å². The van der Waals surface area contributed by atoms with Crippen molar-refractivity contribution in [2.45, 2.75) is 26.9 Å². The molecule has 0 aromatic heterocycles. The molecule has 0 heterocycles. The molecule has 1 unspecified atom stereocenters. The number of aliphatic hydroxyl groups is 1. The first-order valence-electron chi connectivity index (χ1n) is 5.99. The summed E-state index contributed by atoms with van der Waals surface area (Å²) >= 11 is 0. The largest absolute Gasteiger partial charge is 0.384 e. The Hall–Kier alpha value is -1.67. The third-order valence-electron chi connectivity index (χ3n) is 3.01. The molecule has 18 heavy (non-hydrogen) atoms. The van der Waals surface area contributed by atoms with E-state index in [1.165, 1.54) is 6.07 Å². The summed E-state index contributed by atoms with van der Waals surface area (Å²) in [6.07, 6.45) is -0.913. The van der Waals surface area contributed by atoms with Gasteiger partial charge in [-0.1, -0.05) is 47.0 Å². The van der Waals surface area contributed by atoms with Crippen LogP contribution in [0.5, 0.6) is 0 Å². The van der Waals surface area contributed by atoms with Gasteiger partial charge in [-0.15, -0.1) is 0 Å². The van der Waals surface area contributed by atoms with E-state index in [1.54, 1.807) is 12.1 Å². The quantitative estimate of drug-likeness (QED) is 0.851. The van der Waals surface area contributed by atoms with Gasteiger partial charge >= 0.3 is 0 Å². The Morgan fingerprint density at radius 2 is 1.50 bits per heavy atom. The Kier molecular flexibility index (Phi) is 3.48. The van der Waals surface area contributed by atoms with Crippen LogP contribution in [0.4, 0.5) is 4.39 Å². The van der Waals surface area contributed by atoms with Crippen molar-refractivity contribution in [1.82, 2.24) is 0 Å². The molecule has 0 saturated carbocycles. The van der Waals surface area contributed by atoms with E-state index in [0.717, 1.165) is 22.3 Å². The first-order valence-corrected chi connectivity index (χ1v) is 5.99. The van der Waals surface area contributed by atoms with E-state index < -0.39 is 6.10 Å². The van der Waals surface area contributed by atoms with Crippen LogP contribution in [0.2, 0.25) is 0 Å². The molecule has 2 rings (SSSR count). The number of hydrogen-bond donors (Lipinski definition) is 1. The predicted molar refractivity (Wildman–Crippen MR) is 71.1 cm³/mol. The van der Waals surface area contributed by atoms with Crippen molar-refractivity contribution < 1.29 is 9.50 Å². The van der Waals surface area contributed by atoms with E-state index in [1.807, 2.05) is 39.0 Å². The average molecular weight is 244 g/mol. The first kappa shape index (κ1) is 12.8. The zero-order chi connectivity index (χ0) is 13.3. The van der Waals surface area contributed by atoms with Gasteiger partial charge in [-0.25, -0.2) is 4.39 Å². The zero-order valence-corrected chi connectivity index (χ0v) is 10.9. The molecule has 0 amide bonds. The number of halogens is 1. The molecule has 0 saturated heterocycles. The van der Waals surface area contributed by atoms with Crippen molar-refractivity contribution in [3.8, 4) is 0 Å². The number of benzene rings is 2. The number of hydrogen-bond acceptors (Lipinski definition) is 1. The number of rotatable bonds is 2. The molecule has 2 aromatic rings. The van der Waals surface area contributed by atoms with Crippen molar-refractivity contribution in [2.75, 3.05) is 0 Å². The van der Waals surface area contributed by atoms with Crippen molar-refractivity contribution in [1.29, 1.82) is 0 Å². The Balaban J connectivity index is 2.47. The lowest BCUT2D eigenvalue weighted by atomic mass is 9.96. The van der Waals surface area contributed by atoms with Gasteiger partial charge in [0.05, 0.1) is 0 Å². The molecule has 0 bridgehead atoms. The first-order chi connectivity index (χ1) is 8.47. The summed E-state index contributed by atoms with van der Waals surface area (Å²) in [6.45, 7) is 5.82. The minimum Gasteiger partial charge on any atom is -0.384 e. The van der Waals surface area contributed by atoms with Crippen LogP contribution in [0.1, 0.15) is 33.9 Å². The normalized spacial score (nSPS) is 12.5. The molecule has 1 N–H and O–H groups in total. The van der Waals surface area contributed by atoms with Crippen LogP contribution in [0.3, 0.4) is 0 Å². The zero-order valence-electron chi connectivity index (χ0n) is 10.9. The molecule has 1 atom stereocenters. The third-order valence-corrected chi connectivity index (χ3v) is 3.01. The summed E-state index contributed by atoms with van der Waals surface area (Å²) in [6, 6.07) is 10.6. The van der Waals surface area contributed by atoms with E-state index in [0.29, 0.717) is 5.56 Å². The summed E-state index contributed by atoms with van der Waals surface area (Å²) in [5, 5.41) is 10.3.